The highest BCUT2D eigenvalue weighted by molar-refractivity contribution is 5.79. The highest BCUT2D eigenvalue weighted by Gasteiger charge is 2.29. The van der Waals surface area contributed by atoms with Gasteiger partial charge in [-0.1, -0.05) is 0 Å². The van der Waals surface area contributed by atoms with Crippen LogP contribution in [0.2, 0.25) is 0 Å². The summed E-state index contributed by atoms with van der Waals surface area (Å²) in [5.41, 5.74) is 0. The van der Waals surface area contributed by atoms with Crippen LogP contribution in [0.15, 0.2) is 12.4 Å². The summed E-state index contributed by atoms with van der Waals surface area (Å²) in [6, 6.07) is 0.176. The molecule has 1 atom stereocenters. The van der Waals surface area contributed by atoms with E-state index in [1.807, 2.05) is 36.6 Å². The van der Waals surface area contributed by atoms with Gasteiger partial charge in [0.15, 0.2) is 0 Å². The molecule has 1 aromatic heterocycles. The molecule has 0 saturated carbocycles. The van der Waals surface area contributed by atoms with E-state index in [-0.39, 0.29) is 17.9 Å². The number of carbonyl (C=O) groups excluding carboxylic acids is 1. The second-order valence-electron chi connectivity index (χ2n) is 5.07. The molecule has 2 rings (SSSR count). The zero-order chi connectivity index (χ0) is 13.1. The molecule has 1 amide bonds. The normalized spacial score (nSPS) is 19.4. The molecule has 2 heterocycles. The van der Waals surface area contributed by atoms with Crippen molar-refractivity contribution in [3.05, 3.63) is 18.2 Å². The van der Waals surface area contributed by atoms with Gasteiger partial charge in [0.05, 0.1) is 19.1 Å². The Bertz CT molecular complexity index is 408. The monoisotopic (exact) mass is 251 g/mol. The van der Waals surface area contributed by atoms with Crippen molar-refractivity contribution in [2.24, 2.45) is 13.0 Å². The molecule has 1 saturated heterocycles. The van der Waals surface area contributed by atoms with E-state index in [0.29, 0.717) is 19.8 Å². The van der Waals surface area contributed by atoms with Gasteiger partial charge in [0.1, 0.15) is 5.82 Å². The van der Waals surface area contributed by atoms with Crippen LogP contribution < -0.4 is 0 Å². The van der Waals surface area contributed by atoms with E-state index in [0.717, 1.165) is 12.2 Å². The van der Waals surface area contributed by atoms with Crippen LogP contribution >= 0.6 is 0 Å². The van der Waals surface area contributed by atoms with Crippen molar-refractivity contribution in [3.8, 4) is 0 Å². The molecule has 5 nitrogen and oxygen atoms in total. The number of amides is 1. The van der Waals surface area contributed by atoms with Gasteiger partial charge in [-0.3, -0.25) is 4.79 Å². The number of nitrogens with zero attached hydrogens (tertiary/aromatic N) is 3. The third-order valence-corrected chi connectivity index (χ3v) is 3.42. The van der Waals surface area contributed by atoms with Crippen LogP contribution in [0.3, 0.4) is 0 Å². The van der Waals surface area contributed by atoms with Crippen LogP contribution in [-0.2, 0) is 23.1 Å². The highest BCUT2D eigenvalue weighted by Crippen LogP contribution is 2.18. The molecule has 0 spiro atoms. The fourth-order valence-electron chi connectivity index (χ4n) is 2.18. The molecule has 1 fully saturated rings. The standard InChI is InChI=1S/C13H21N3O2/c1-10(2)16(8-12-14-5-6-15(12)3)13(17)11-4-7-18-9-11/h5-6,10-11H,4,7-9H2,1-3H3. The highest BCUT2D eigenvalue weighted by atomic mass is 16.5. The first-order chi connectivity index (χ1) is 8.59. The van der Waals surface area contributed by atoms with Crippen molar-refractivity contribution in [3.63, 3.8) is 0 Å². The van der Waals surface area contributed by atoms with E-state index < -0.39 is 0 Å². The van der Waals surface area contributed by atoms with E-state index in [2.05, 4.69) is 4.98 Å². The molecule has 18 heavy (non-hydrogen) atoms. The van der Waals surface area contributed by atoms with Crippen LogP contribution in [0.4, 0.5) is 0 Å². The van der Waals surface area contributed by atoms with Gasteiger partial charge < -0.3 is 14.2 Å². The largest absolute Gasteiger partial charge is 0.381 e. The summed E-state index contributed by atoms with van der Waals surface area (Å²) in [6.45, 7) is 5.90. The summed E-state index contributed by atoms with van der Waals surface area (Å²) in [5, 5.41) is 0. The molecule has 0 aliphatic carbocycles. The molecule has 1 aliphatic heterocycles. The van der Waals surface area contributed by atoms with Crippen LogP contribution in [-0.4, -0.2) is 39.6 Å². The lowest BCUT2D eigenvalue weighted by Crippen LogP contribution is -2.41. The minimum absolute atomic E-state index is 0.0210. The fraction of sp³-hybridized carbons (Fsp3) is 0.692. The Morgan fingerprint density at radius 3 is 2.94 bits per heavy atom. The number of carbonyl (C=O) groups is 1. The Morgan fingerprint density at radius 1 is 1.67 bits per heavy atom. The van der Waals surface area contributed by atoms with Gasteiger partial charge in [-0.25, -0.2) is 4.98 Å². The number of hydrogen-bond acceptors (Lipinski definition) is 3. The molecule has 100 valence electrons. The van der Waals surface area contributed by atoms with Gasteiger partial charge in [-0.2, -0.15) is 0 Å². The Balaban J connectivity index is 2.08. The third kappa shape index (κ3) is 2.72. The lowest BCUT2D eigenvalue weighted by molar-refractivity contribution is -0.138. The summed E-state index contributed by atoms with van der Waals surface area (Å²) in [7, 11) is 1.95. The number of imidazole rings is 1. The Kier molecular flexibility index (Phi) is 4.01. The third-order valence-electron chi connectivity index (χ3n) is 3.42. The van der Waals surface area contributed by atoms with Crippen molar-refractivity contribution < 1.29 is 9.53 Å². The molecular weight excluding hydrogens is 230 g/mol. The summed E-state index contributed by atoms with van der Waals surface area (Å²) in [4.78, 5) is 18.6. The topological polar surface area (TPSA) is 47.4 Å². The van der Waals surface area contributed by atoms with Crippen molar-refractivity contribution in [1.29, 1.82) is 0 Å². The van der Waals surface area contributed by atoms with E-state index in [4.69, 9.17) is 4.74 Å². The first-order valence-corrected chi connectivity index (χ1v) is 6.44. The average Bonchev–Trinajstić information content (AvgIpc) is 2.96. The molecule has 0 bridgehead atoms. The first-order valence-electron chi connectivity index (χ1n) is 6.44. The number of rotatable bonds is 4. The van der Waals surface area contributed by atoms with E-state index in [1.165, 1.54) is 0 Å². The molecule has 5 heteroatoms. The SMILES string of the molecule is CC(C)N(Cc1nccn1C)C(=O)C1CCOC1. The smallest absolute Gasteiger partial charge is 0.228 e. The number of aryl methyl sites for hydroxylation is 1. The van der Waals surface area contributed by atoms with Crippen molar-refractivity contribution in [2.75, 3.05) is 13.2 Å². The van der Waals surface area contributed by atoms with Gasteiger partial charge in [0.25, 0.3) is 0 Å². The fourth-order valence-corrected chi connectivity index (χ4v) is 2.18. The zero-order valence-corrected chi connectivity index (χ0v) is 11.3. The Labute approximate surface area is 108 Å². The van der Waals surface area contributed by atoms with Crippen molar-refractivity contribution in [2.45, 2.75) is 32.9 Å². The van der Waals surface area contributed by atoms with Gasteiger partial charge in [-0.15, -0.1) is 0 Å². The Hall–Kier alpha value is -1.36. The first kappa shape index (κ1) is 13.1. The van der Waals surface area contributed by atoms with Crippen LogP contribution in [0.5, 0.6) is 0 Å². The van der Waals surface area contributed by atoms with Gasteiger partial charge in [-0.05, 0) is 20.3 Å². The van der Waals surface area contributed by atoms with Crippen molar-refractivity contribution >= 4 is 5.91 Å². The summed E-state index contributed by atoms with van der Waals surface area (Å²) in [6.07, 6.45) is 4.50. The number of aromatic nitrogens is 2. The van der Waals surface area contributed by atoms with Crippen LogP contribution in [0.1, 0.15) is 26.1 Å². The van der Waals surface area contributed by atoms with E-state index in [9.17, 15) is 4.79 Å². The van der Waals surface area contributed by atoms with Crippen LogP contribution in [0.25, 0.3) is 0 Å². The van der Waals surface area contributed by atoms with E-state index >= 15 is 0 Å². The predicted octanol–water partition coefficient (Wildman–Crippen LogP) is 1.19. The quantitative estimate of drug-likeness (QED) is 0.807. The van der Waals surface area contributed by atoms with Crippen molar-refractivity contribution in [1.82, 2.24) is 14.5 Å². The maximum absolute atomic E-state index is 12.4. The molecule has 1 aliphatic rings. The molecule has 0 N–H and O–H groups in total. The maximum atomic E-state index is 12.4. The van der Waals surface area contributed by atoms with Gasteiger partial charge in [0.2, 0.25) is 5.91 Å². The lowest BCUT2D eigenvalue weighted by Gasteiger charge is -2.28. The minimum atomic E-state index is 0.0210. The Morgan fingerprint density at radius 2 is 2.44 bits per heavy atom. The predicted molar refractivity (Wildman–Crippen MR) is 67.8 cm³/mol. The summed E-state index contributed by atoms with van der Waals surface area (Å²) >= 11 is 0. The molecular formula is C13H21N3O2. The molecule has 0 radical (unpaired) electrons. The average molecular weight is 251 g/mol. The zero-order valence-electron chi connectivity index (χ0n) is 11.3. The molecule has 0 aromatic carbocycles. The maximum Gasteiger partial charge on any atom is 0.228 e. The molecule has 1 aromatic rings. The summed E-state index contributed by atoms with van der Waals surface area (Å²) in [5.74, 6) is 1.12. The van der Waals surface area contributed by atoms with E-state index in [1.54, 1.807) is 6.20 Å². The van der Waals surface area contributed by atoms with Gasteiger partial charge >= 0.3 is 0 Å². The lowest BCUT2D eigenvalue weighted by atomic mass is 10.1. The molecule has 1 unspecified atom stereocenters. The summed E-state index contributed by atoms with van der Waals surface area (Å²) < 4.78 is 7.25. The minimum Gasteiger partial charge on any atom is -0.381 e. The van der Waals surface area contributed by atoms with Gasteiger partial charge in [0, 0.05) is 32.1 Å². The number of hydrogen-bond donors (Lipinski definition) is 0. The van der Waals surface area contributed by atoms with Crippen LogP contribution in [0, 0.1) is 5.92 Å². The second-order valence-corrected chi connectivity index (χ2v) is 5.07. The number of ether oxygens (including phenoxy) is 1. The second kappa shape index (κ2) is 5.52.